The highest BCUT2D eigenvalue weighted by molar-refractivity contribution is 5.95. The van der Waals surface area contributed by atoms with Crippen LogP contribution < -0.4 is 10.3 Å². The molecule has 5 nitrogen and oxygen atoms in total. The maximum absolute atomic E-state index is 13.4. The van der Waals surface area contributed by atoms with Crippen LogP contribution in [0.15, 0.2) is 53.3 Å². The lowest BCUT2D eigenvalue weighted by Crippen LogP contribution is -2.39. The molecule has 0 spiro atoms. The minimum absolute atomic E-state index is 0.0560. The molecule has 29 heavy (non-hydrogen) atoms. The predicted octanol–water partition coefficient (Wildman–Crippen LogP) is 4.43. The first-order valence-electron chi connectivity index (χ1n) is 10.1. The van der Waals surface area contributed by atoms with Gasteiger partial charge in [-0.1, -0.05) is 37.1 Å². The van der Waals surface area contributed by atoms with Gasteiger partial charge in [0.2, 0.25) is 0 Å². The Morgan fingerprint density at radius 1 is 1.14 bits per heavy atom. The second kappa shape index (κ2) is 8.11. The van der Waals surface area contributed by atoms with Crippen molar-refractivity contribution in [2.45, 2.75) is 45.2 Å². The van der Waals surface area contributed by atoms with Crippen molar-refractivity contribution in [3.8, 4) is 5.75 Å². The largest absolute Gasteiger partial charge is 0.497 e. The molecule has 1 aliphatic rings. The molecule has 0 aliphatic heterocycles. The average Bonchev–Trinajstić information content (AvgIpc) is 3.27. The van der Waals surface area contributed by atoms with Crippen molar-refractivity contribution < 1.29 is 9.53 Å². The molecule has 1 aromatic heterocycles. The van der Waals surface area contributed by atoms with Crippen molar-refractivity contribution in [1.82, 2.24) is 9.88 Å². The molecule has 1 fully saturated rings. The number of H-pyrrole nitrogens is 1. The molecule has 1 heterocycles. The Bertz CT molecular complexity index is 1100. The normalized spacial score (nSPS) is 14.3. The van der Waals surface area contributed by atoms with Gasteiger partial charge in [0.25, 0.3) is 11.5 Å². The molecule has 4 rings (SSSR count). The zero-order valence-electron chi connectivity index (χ0n) is 16.9. The number of rotatable bonds is 5. The van der Waals surface area contributed by atoms with E-state index >= 15 is 0 Å². The van der Waals surface area contributed by atoms with Gasteiger partial charge in [0, 0.05) is 17.2 Å². The highest BCUT2D eigenvalue weighted by Crippen LogP contribution is 2.27. The average molecular weight is 390 g/mol. The van der Waals surface area contributed by atoms with Crippen LogP contribution in [0, 0.1) is 6.92 Å². The third kappa shape index (κ3) is 3.90. The number of carbonyl (C=O) groups excluding carboxylic acids is 1. The lowest BCUT2D eigenvalue weighted by Gasteiger charge is -2.29. The number of carbonyl (C=O) groups is 1. The highest BCUT2D eigenvalue weighted by Gasteiger charge is 2.28. The van der Waals surface area contributed by atoms with Crippen molar-refractivity contribution in [2.75, 3.05) is 7.11 Å². The number of ether oxygens (including phenoxy) is 1. The number of hydrogen-bond acceptors (Lipinski definition) is 3. The lowest BCUT2D eigenvalue weighted by molar-refractivity contribution is 0.0663. The van der Waals surface area contributed by atoms with Gasteiger partial charge >= 0.3 is 0 Å². The summed E-state index contributed by atoms with van der Waals surface area (Å²) in [4.78, 5) is 31.0. The van der Waals surface area contributed by atoms with Gasteiger partial charge in [-0.15, -0.1) is 0 Å². The molecule has 0 bridgehead atoms. The number of methoxy groups -OCH3 is 1. The number of aryl methyl sites for hydroxylation is 1. The summed E-state index contributed by atoms with van der Waals surface area (Å²) in [6.45, 7) is 2.29. The lowest BCUT2D eigenvalue weighted by atomic mass is 10.1. The van der Waals surface area contributed by atoms with Crippen LogP contribution in [0.5, 0.6) is 5.75 Å². The van der Waals surface area contributed by atoms with Gasteiger partial charge in [-0.3, -0.25) is 9.59 Å². The van der Waals surface area contributed by atoms with Gasteiger partial charge in [-0.2, -0.15) is 0 Å². The summed E-state index contributed by atoms with van der Waals surface area (Å²) in [6.07, 6.45) is 4.17. The van der Waals surface area contributed by atoms with E-state index in [9.17, 15) is 9.59 Å². The smallest absolute Gasteiger partial charge is 0.254 e. The third-order valence-corrected chi connectivity index (χ3v) is 5.85. The first-order chi connectivity index (χ1) is 14.1. The summed E-state index contributed by atoms with van der Waals surface area (Å²) >= 11 is 0. The van der Waals surface area contributed by atoms with Crippen LogP contribution in [0.4, 0.5) is 0 Å². The van der Waals surface area contributed by atoms with E-state index < -0.39 is 0 Å². The number of aromatic nitrogens is 1. The van der Waals surface area contributed by atoms with E-state index in [1.807, 2.05) is 48.2 Å². The van der Waals surface area contributed by atoms with E-state index in [1.54, 1.807) is 19.2 Å². The van der Waals surface area contributed by atoms with E-state index in [-0.39, 0.29) is 17.5 Å². The Kier molecular flexibility index (Phi) is 5.38. The second-order valence-electron chi connectivity index (χ2n) is 7.77. The quantitative estimate of drug-likeness (QED) is 0.701. The molecule has 1 aliphatic carbocycles. The summed E-state index contributed by atoms with van der Waals surface area (Å²) in [7, 11) is 1.59. The Morgan fingerprint density at radius 3 is 2.66 bits per heavy atom. The van der Waals surface area contributed by atoms with Gasteiger partial charge in [0.1, 0.15) is 5.75 Å². The molecule has 1 saturated carbocycles. The Balaban J connectivity index is 1.71. The molecule has 2 aromatic carbocycles. The monoisotopic (exact) mass is 390 g/mol. The Hall–Kier alpha value is -3.08. The van der Waals surface area contributed by atoms with Gasteiger partial charge in [0.05, 0.1) is 19.2 Å². The standard InChI is InChI=1S/C24H26N2O3/c1-16-7-5-8-17-13-19(23(27)25-22(16)17)15-26(20-10-3-4-11-20)24(28)18-9-6-12-21(14-18)29-2/h5-9,12-14,20H,3-4,10-11,15H2,1-2H3,(H,25,27). The highest BCUT2D eigenvalue weighted by atomic mass is 16.5. The molecule has 0 saturated heterocycles. The van der Waals surface area contributed by atoms with Crippen molar-refractivity contribution in [1.29, 1.82) is 0 Å². The van der Waals surface area contributed by atoms with Gasteiger partial charge in [-0.05, 0) is 55.0 Å². The SMILES string of the molecule is COc1cccc(C(=O)N(Cc2cc3cccc(C)c3[nH]c2=O)C2CCCC2)c1. The van der Waals surface area contributed by atoms with Crippen molar-refractivity contribution >= 4 is 16.8 Å². The van der Waals surface area contributed by atoms with E-state index in [2.05, 4.69) is 4.98 Å². The topological polar surface area (TPSA) is 62.4 Å². The van der Waals surface area contributed by atoms with Crippen molar-refractivity contribution in [2.24, 2.45) is 0 Å². The summed E-state index contributed by atoms with van der Waals surface area (Å²) in [5.41, 5.74) is 2.96. The van der Waals surface area contributed by atoms with Crippen molar-refractivity contribution in [3.63, 3.8) is 0 Å². The first-order valence-corrected chi connectivity index (χ1v) is 10.1. The number of nitrogens with one attached hydrogen (secondary N) is 1. The Morgan fingerprint density at radius 2 is 1.90 bits per heavy atom. The number of para-hydroxylation sites is 1. The molecular weight excluding hydrogens is 364 g/mol. The van der Waals surface area contributed by atoms with Gasteiger partial charge in [-0.25, -0.2) is 0 Å². The number of pyridine rings is 1. The third-order valence-electron chi connectivity index (χ3n) is 5.85. The van der Waals surface area contributed by atoms with Crippen LogP contribution in [-0.2, 0) is 6.54 Å². The van der Waals surface area contributed by atoms with E-state index in [4.69, 9.17) is 4.74 Å². The number of benzene rings is 2. The molecule has 150 valence electrons. The van der Waals surface area contributed by atoms with Crippen LogP contribution in [0.1, 0.15) is 47.2 Å². The van der Waals surface area contributed by atoms with Gasteiger partial charge in [0.15, 0.2) is 0 Å². The zero-order valence-corrected chi connectivity index (χ0v) is 16.9. The maximum atomic E-state index is 13.4. The molecular formula is C24H26N2O3. The number of fused-ring (bicyclic) bond motifs is 1. The first kappa shape index (κ1) is 19.2. The molecule has 0 radical (unpaired) electrons. The fourth-order valence-corrected chi connectivity index (χ4v) is 4.23. The summed E-state index contributed by atoms with van der Waals surface area (Å²) in [5.74, 6) is 0.598. The van der Waals surface area contributed by atoms with Gasteiger partial charge < -0.3 is 14.6 Å². The predicted molar refractivity (Wildman–Crippen MR) is 114 cm³/mol. The number of hydrogen-bond donors (Lipinski definition) is 1. The number of nitrogens with zero attached hydrogens (tertiary/aromatic N) is 1. The number of amides is 1. The second-order valence-corrected chi connectivity index (χ2v) is 7.77. The molecule has 3 aromatic rings. The minimum Gasteiger partial charge on any atom is -0.497 e. The Labute approximate surface area is 170 Å². The van der Waals surface area contributed by atoms with Crippen LogP contribution in [0.3, 0.4) is 0 Å². The number of aromatic amines is 1. The fourth-order valence-electron chi connectivity index (χ4n) is 4.23. The molecule has 1 N–H and O–H groups in total. The molecule has 0 atom stereocenters. The molecule has 5 heteroatoms. The molecule has 0 unspecified atom stereocenters. The van der Waals surface area contributed by atoms with E-state index in [0.29, 0.717) is 23.4 Å². The fraction of sp³-hybridized carbons (Fsp3) is 0.333. The molecule has 1 amide bonds. The van der Waals surface area contributed by atoms with Crippen LogP contribution in [0.25, 0.3) is 10.9 Å². The van der Waals surface area contributed by atoms with Crippen LogP contribution in [0.2, 0.25) is 0 Å². The summed E-state index contributed by atoms with van der Waals surface area (Å²) < 4.78 is 5.28. The van der Waals surface area contributed by atoms with Crippen LogP contribution >= 0.6 is 0 Å². The summed E-state index contributed by atoms with van der Waals surface area (Å²) in [6, 6.07) is 15.2. The minimum atomic E-state index is -0.131. The van der Waals surface area contributed by atoms with E-state index in [1.165, 1.54) is 0 Å². The maximum Gasteiger partial charge on any atom is 0.254 e. The zero-order chi connectivity index (χ0) is 20.4. The van der Waals surface area contributed by atoms with E-state index in [0.717, 1.165) is 42.1 Å². The van der Waals surface area contributed by atoms with Crippen LogP contribution in [-0.4, -0.2) is 28.9 Å². The van der Waals surface area contributed by atoms with Crippen molar-refractivity contribution in [3.05, 3.63) is 75.6 Å². The summed E-state index contributed by atoms with van der Waals surface area (Å²) in [5, 5.41) is 0.986.